The van der Waals surface area contributed by atoms with Crippen LogP contribution in [0.1, 0.15) is 34.8 Å². The van der Waals surface area contributed by atoms with Gasteiger partial charge in [-0.3, -0.25) is 4.79 Å². The quantitative estimate of drug-likeness (QED) is 0.415. The van der Waals surface area contributed by atoms with Crippen LogP contribution in [0.3, 0.4) is 0 Å². The molecule has 2 aromatic heterocycles. The maximum atomic E-state index is 14.5. The largest absolute Gasteiger partial charge is 0.348 e. The molecule has 1 amide bonds. The molecule has 0 bridgehead atoms. The lowest BCUT2D eigenvalue weighted by Gasteiger charge is -2.26. The number of hydrogen-bond acceptors (Lipinski definition) is 5. The van der Waals surface area contributed by atoms with Gasteiger partial charge in [-0.25, -0.2) is 18.0 Å². The highest BCUT2D eigenvalue weighted by molar-refractivity contribution is 7.85. The van der Waals surface area contributed by atoms with Gasteiger partial charge in [-0.15, -0.1) is 5.10 Å². The van der Waals surface area contributed by atoms with Crippen LogP contribution in [0.5, 0.6) is 0 Å². The highest BCUT2D eigenvalue weighted by Crippen LogP contribution is 2.36. The van der Waals surface area contributed by atoms with Crippen molar-refractivity contribution in [2.24, 2.45) is 0 Å². The Hall–Kier alpha value is -3.86. The van der Waals surface area contributed by atoms with E-state index in [0.717, 1.165) is 18.6 Å². The monoisotopic (exact) mass is 496 g/mol. The third kappa shape index (κ3) is 4.72. The third-order valence-electron chi connectivity index (χ3n) is 5.86. The smallest absolute Gasteiger partial charge is 0.256 e. The van der Waals surface area contributed by atoms with Crippen LogP contribution in [0.15, 0.2) is 60.8 Å². The maximum absolute atomic E-state index is 14.5. The Balaban J connectivity index is 1.40. The van der Waals surface area contributed by atoms with E-state index in [-0.39, 0.29) is 11.9 Å². The Morgan fingerprint density at radius 3 is 2.69 bits per heavy atom. The van der Waals surface area contributed by atoms with Crippen molar-refractivity contribution in [1.82, 2.24) is 14.6 Å². The Bertz CT molecular complexity index is 1430. The number of nitrogens with one attached hydrogen (secondary N) is 2. The summed E-state index contributed by atoms with van der Waals surface area (Å²) < 4.78 is 43.9. The summed E-state index contributed by atoms with van der Waals surface area (Å²) in [7, 11) is -1.21. The molecule has 1 fully saturated rings. The summed E-state index contributed by atoms with van der Waals surface area (Å²) in [5.41, 5.74) is 1.87. The molecule has 0 spiro atoms. The minimum absolute atomic E-state index is 0.299. The number of benzene rings is 2. The molecule has 8 nitrogen and oxygen atoms in total. The Morgan fingerprint density at radius 2 is 1.91 bits per heavy atom. The fraction of sp³-hybridized carbons (Fsp3) is 0.208. The Labute approximate surface area is 202 Å². The summed E-state index contributed by atoms with van der Waals surface area (Å²) in [6.45, 7) is 0.637. The molecule has 0 radical (unpaired) electrons. The lowest BCUT2D eigenvalue weighted by Crippen LogP contribution is -2.25. The molecule has 3 heterocycles. The second-order valence-electron chi connectivity index (χ2n) is 8.21. The summed E-state index contributed by atoms with van der Waals surface area (Å²) in [5, 5.41) is 7.45. The van der Waals surface area contributed by atoms with Crippen LogP contribution >= 0.6 is 0 Å². The number of fused-ring (bicyclic) bond motifs is 1. The second-order valence-corrected chi connectivity index (χ2v) is 9.32. The summed E-state index contributed by atoms with van der Waals surface area (Å²) in [6.07, 6.45) is 4.51. The molecule has 1 aliphatic heterocycles. The number of aromatic nitrogens is 3. The molecule has 2 N–H and O–H groups in total. The van der Waals surface area contributed by atoms with Crippen molar-refractivity contribution in [3.8, 4) is 0 Å². The number of rotatable bonds is 6. The lowest BCUT2D eigenvalue weighted by molar-refractivity contribution is 0.102. The molecular formula is C24H22F2N6O2S. The molecule has 1 saturated heterocycles. The van der Waals surface area contributed by atoms with Gasteiger partial charge in [0, 0.05) is 29.6 Å². The van der Waals surface area contributed by atoms with Crippen molar-refractivity contribution < 1.29 is 17.8 Å². The van der Waals surface area contributed by atoms with E-state index in [9.17, 15) is 17.8 Å². The lowest BCUT2D eigenvalue weighted by atomic mass is 10.0. The van der Waals surface area contributed by atoms with E-state index in [4.69, 9.17) is 0 Å². The molecule has 2 atom stereocenters. The molecule has 1 aliphatic rings. The van der Waals surface area contributed by atoms with Gasteiger partial charge in [-0.2, -0.15) is 4.52 Å². The van der Waals surface area contributed by atoms with Crippen LogP contribution in [-0.2, 0) is 11.0 Å². The molecule has 35 heavy (non-hydrogen) atoms. The predicted molar refractivity (Wildman–Crippen MR) is 131 cm³/mol. The van der Waals surface area contributed by atoms with E-state index in [1.54, 1.807) is 36.4 Å². The van der Waals surface area contributed by atoms with Crippen LogP contribution in [0.25, 0.3) is 5.65 Å². The number of halogens is 2. The standard InChI is InChI=1S/C24H22F2N6O2S/c1-35(34)30-17-7-4-15(5-8-17)24(33)28-23-14-27-21-10-11-22(29-32(21)23)31-12-2-3-20(31)18-13-16(25)6-9-19(18)26/h4-11,13-14,20,30H,2-3,12H2,1H3,(H,28,33). The average Bonchev–Trinajstić information content (AvgIpc) is 3.48. The van der Waals surface area contributed by atoms with Gasteiger partial charge in [-0.05, 0) is 67.4 Å². The van der Waals surface area contributed by atoms with Crippen LogP contribution < -0.4 is 14.9 Å². The zero-order valence-electron chi connectivity index (χ0n) is 18.7. The van der Waals surface area contributed by atoms with Crippen molar-refractivity contribution in [3.05, 3.63) is 83.6 Å². The van der Waals surface area contributed by atoms with Crippen molar-refractivity contribution in [2.45, 2.75) is 18.9 Å². The summed E-state index contributed by atoms with van der Waals surface area (Å²) in [6, 6.07) is 13.3. The number of hydrogen-bond donors (Lipinski definition) is 2. The van der Waals surface area contributed by atoms with Gasteiger partial charge in [0.25, 0.3) is 5.91 Å². The number of carbonyl (C=O) groups is 1. The first kappa shape index (κ1) is 22.9. The predicted octanol–water partition coefficient (Wildman–Crippen LogP) is 4.31. The van der Waals surface area contributed by atoms with E-state index < -0.39 is 22.6 Å². The normalized spacial score (nSPS) is 16.4. The van der Waals surface area contributed by atoms with E-state index in [1.807, 2.05) is 4.90 Å². The Kier molecular flexibility index (Phi) is 6.16. The van der Waals surface area contributed by atoms with Crippen LogP contribution in [-0.4, -0.2) is 37.5 Å². The first-order valence-electron chi connectivity index (χ1n) is 11.0. The summed E-state index contributed by atoms with van der Waals surface area (Å²) in [4.78, 5) is 19.0. The first-order valence-corrected chi connectivity index (χ1v) is 12.5. The average molecular weight is 497 g/mol. The van der Waals surface area contributed by atoms with E-state index in [1.165, 1.54) is 23.0 Å². The highest BCUT2D eigenvalue weighted by Gasteiger charge is 2.30. The molecule has 5 rings (SSSR count). The molecule has 4 aromatic rings. The molecule has 0 aliphatic carbocycles. The minimum atomic E-state index is -1.21. The zero-order valence-corrected chi connectivity index (χ0v) is 19.6. The third-order valence-corrected chi connectivity index (χ3v) is 6.39. The number of imidazole rings is 1. The van der Waals surface area contributed by atoms with Crippen molar-refractivity contribution in [1.29, 1.82) is 0 Å². The van der Waals surface area contributed by atoms with Gasteiger partial charge in [0.05, 0.1) is 12.2 Å². The van der Waals surface area contributed by atoms with Gasteiger partial charge in [0.1, 0.15) is 28.4 Å². The van der Waals surface area contributed by atoms with E-state index in [0.29, 0.717) is 47.1 Å². The molecule has 2 aromatic carbocycles. The molecule has 11 heteroatoms. The summed E-state index contributed by atoms with van der Waals surface area (Å²) >= 11 is 0. The van der Waals surface area contributed by atoms with Gasteiger partial charge in [0.2, 0.25) is 0 Å². The molecular weight excluding hydrogens is 474 g/mol. The first-order chi connectivity index (χ1) is 16.9. The fourth-order valence-electron chi connectivity index (χ4n) is 4.28. The minimum Gasteiger partial charge on any atom is -0.348 e. The van der Waals surface area contributed by atoms with E-state index in [2.05, 4.69) is 20.1 Å². The highest BCUT2D eigenvalue weighted by atomic mass is 32.2. The van der Waals surface area contributed by atoms with Crippen LogP contribution in [0, 0.1) is 11.6 Å². The van der Waals surface area contributed by atoms with Gasteiger partial charge in [-0.1, -0.05) is 0 Å². The second kappa shape index (κ2) is 9.41. The SMILES string of the molecule is CS(=O)Nc1ccc(C(=O)Nc2cnc3ccc(N4CCCC4c4cc(F)ccc4F)nn23)cc1. The number of carbonyl (C=O) groups excluding carboxylic acids is 1. The van der Waals surface area contributed by atoms with Crippen molar-refractivity contribution in [3.63, 3.8) is 0 Å². The number of anilines is 3. The zero-order chi connectivity index (χ0) is 24.5. The van der Waals surface area contributed by atoms with E-state index >= 15 is 0 Å². The van der Waals surface area contributed by atoms with Gasteiger partial charge < -0.3 is 14.9 Å². The van der Waals surface area contributed by atoms with Gasteiger partial charge in [0.15, 0.2) is 11.5 Å². The topological polar surface area (TPSA) is 91.6 Å². The molecule has 2 unspecified atom stereocenters. The number of nitrogens with zero attached hydrogens (tertiary/aromatic N) is 4. The fourth-order valence-corrected chi connectivity index (χ4v) is 4.75. The maximum Gasteiger partial charge on any atom is 0.256 e. The Morgan fingerprint density at radius 1 is 1.11 bits per heavy atom. The van der Waals surface area contributed by atoms with Crippen LogP contribution in [0.2, 0.25) is 0 Å². The molecule has 180 valence electrons. The van der Waals surface area contributed by atoms with Crippen LogP contribution in [0.4, 0.5) is 26.1 Å². The summed E-state index contributed by atoms with van der Waals surface area (Å²) in [5.74, 6) is -0.352. The van der Waals surface area contributed by atoms with Gasteiger partial charge >= 0.3 is 0 Å². The molecule has 0 saturated carbocycles. The van der Waals surface area contributed by atoms with Crippen molar-refractivity contribution >= 4 is 39.9 Å². The van der Waals surface area contributed by atoms with Crippen molar-refractivity contribution in [2.75, 3.05) is 27.7 Å². The number of amides is 1.